The van der Waals surface area contributed by atoms with Crippen LogP contribution in [0.1, 0.15) is 90.3 Å². The molecule has 5 atom stereocenters. The Hall–Kier alpha value is -3.84. The second-order valence-corrected chi connectivity index (χ2v) is 18.5. The maximum absolute atomic E-state index is 14.5. The first-order chi connectivity index (χ1) is 24.4. The molecule has 2 heterocycles. The zero-order valence-electron chi connectivity index (χ0n) is 30.7. The number of ether oxygens (including phenoxy) is 1. The molecule has 0 aromatic heterocycles. The van der Waals surface area contributed by atoms with Gasteiger partial charge < -0.3 is 20.3 Å². The summed E-state index contributed by atoms with van der Waals surface area (Å²) in [5.74, 6) is -2.17. The van der Waals surface area contributed by atoms with Gasteiger partial charge >= 0.3 is 6.09 Å². The number of anilines is 1. The van der Waals surface area contributed by atoms with Crippen molar-refractivity contribution in [2.75, 3.05) is 11.9 Å². The van der Waals surface area contributed by atoms with Gasteiger partial charge in [-0.15, -0.1) is 0 Å². The number of amides is 4. The second-order valence-electron chi connectivity index (χ2n) is 16.1. The zero-order chi connectivity index (χ0) is 37.7. The Bertz CT molecular complexity index is 1860. The monoisotopic (exact) mass is 755 g/mol. The number of nitrogens with zero attached hydrogens (tertiary/aromatic N) is 2. The van der Waals surface area contributed by atoms with Gasteiger partial charge in [0.2, 0.25) is 21.8 Å². The minimum Gasteiger partial charge on any atom is -0.444 e. The highest BCUT2D eigenvalue weighted by Crippen LogP contribution is 2.47. The number of hydrogen-bond donors (Lipinski definition) is 3. The highest BCUT2D eigenvalue weighted by molar-refractivity contribution is 7.91. The van der Waals surface area contributed by atoms with Crippen LogP contribution in [0.25, 0.3) is 0 Å². The van der Waals surface area contributed by atoms with Gasteiger partial charge in [0, 0.05) is 23.7 Å². The summed E-state index contributed by atoms with van der Waals surface area (Å²) in [7, 11) is -3.85. The summed E-state index contributed by atoms with van der Waals surface area (Å²) in [5, 5.41) is 6.23. The van der Waals surface area contributed by atoms with Crippen molar-refractivity contribution >= 4 is 51.1 Å². The molecule has 6 rings (SSSR count). The van der Waals surface area contributed by atoms with Crippen molar-refractivity contribution in [2.24, 2.45) is 11.8 Å². The van der Waals surface area contributed by atoms with Crippen molar-refractivity contribution in [3.63, 3.8) is 0 Å². The van der Waals surface area contributed by atoms with Gasteiger partial charge in [-0.2, -0.15) is 0 Å². The second kappa shape index (κ2) is 14.2. The van der Waals surface area contributed by atoms with Gasteiger partial charge in [-0.1, -0.05) is 83.8 Å². The molecule has 0 spiro atoms. The average molecular weight is 756 g/mol. The molecule has 0 radical (unpaired) electrons. The lowest BCUT2D eigenvalue weighted by Crippen LogP contribution is -2.58. The summed E-state index contributed by atoms with van der Waals surface area (Å²) in [6, 6.07) is 11.6. The van der Waals surface area contributed by atoms with Crippen molar-refractivity contribution < 1.29 is 32.3 Å². The molecule has 0 bridgehead atoms. The predicted molar refractivity (Wildman–Crippen MR) is 198 cm³/mol. The fourth-order valence-electron chi connectivity index (χ4n) is 7.34. The molecular weight excluding hydrogens is 706 g/mol. The van der Waals surface area contributed by atoms with E-state index < -0.39 is 56.9 Å². The normalized spacial score (nSPS) is 24.7. The molecule has 2 saturated carbocycles. The number of nitrogens with one attached hydrogen (secondary N) is 3. The molecule has 3 N–H and O–H groups in total. The first-order valence-electron chi connectivity index (χ1n) is 18.2. The first-order valence-corrected chi connectivity index (χ1v) is 20.1. The number of hydrogen-bond acceptors (Lipinski definition) is 8. The quantitative estimate of drug-likeness (QED) is 0.287. The van der Waals surface area contributed by atoms with Crippen molar-refractivity contribution in [3.8, 4) is 0 Å². The Morgan fingerprint density at radius 1 is 1.06 bits per heavy atom. The summed E-state index contributed by atoms with van der Waals surface area (Å²) in [4.78, 5) is 58.7. The maximum Gasteiger partial charge on any atom is 0.410 e. The van der Waals surface area contributed by atoms with E-state index in [2.05, 4.69) is 36.1 Å². The minimum atomic E-state index is -3.85. The molecule has 2 aromatic rings. The van der Waals surface area contributed by atoms with Crippen LogP contribution in [0.5, 0.6) is 0 Å². The number of halogens is 1. The summed E-state index contributed by atoms with van der Waals surface area (Å²) >= 11 is 6.38. The van der Waals surface area contributed by atoms with Gasteiger partial charge in [0.05, 0.1) is 18.3 Å². The molecule has 52 heavy (non-hydrogen) atoms. The van der Waals surface area contributed by atoms with Crippen LogP contribution < -0.4 is 15.4 Å². The largest absolute Gasteiger partial charge is 0.444 e. The van der Waals surface area contributed by atoms with E-state index in [0.29, 0.717) is 30.8 Å². The third-order valence-electron chi connectivity index (χ3n) is 10.8. The van der Waals surface area contributed by atoms with E-state index in [1.54, 1.807) is 6.07 Å². The van der Waals surface area contributed by atoms with Gasteiger partial charge in [0.25, 0.3) is 5.91 Å². The minimum absolute atomic E-state index is 0.00401. The Balaban J connectivity index is 1.24. The van der Waals surface area contributed by atoms with Crippen LogP contribution in [-0.4, -0.2) is 77.6 Å². The smallest absolute Gasteiger partial charge is 0.410 e. The van der Waals surface area contributed by atoms with Crippen LogP contribution in [0.15, 0.2) is 42.5 Å². The molecule has 2 aliphatic heterocycles. The molecule has 282 valence electrons. The Kier molecular flexibility index (Phi) is 10.3. The highest BCUT2D eigenvalue weighted by atomic mass is 35.5. The van der Waals surface area contributed by atoms with E-state index in [1.807, 2.05) is 57.2 Å². The topological polar surface area (TPSA) is 154 Å². The Labute approximate surface area is 311 Å². The number of likely N-dealkylation sites (tertiary alicyclic amines) is 1. The van der Waals surface area contributed by atoms with E-state index in [-0.39, 0.29) is 49.1 Å². The molecule has 14 heteroatoms. The fourth-order valence-corrected chi connectivity index (χ4v) is 8.96. The van der Waals surface area contributed by atoms with Gasteiger partial charge in [-0.05, 0) is 71.4 Å². The first kappa shape index (κ1) is 37.9. The summed E-state index contributed by atoms with van der Waals surface area (Å²) in [6.45, 7) is 12.6. The molecule has 4 amide bonds. The van der Waals surface area contributed by atoms with Crippen molar-refractivity contribution in [1.82, 2.24) is 19.8 Å². The Morgan fingerprint density at radius 3 is 2.38 bits per heavy atom. The summed E-state index contributed by atoms with van der Waals surface area (Å²) < 4.78 is 33.6. The van der Waals surface area contributed by atoms with Gasteiger partial charge in [-0.25, -0.2) is 13.2 Å². The lowest BCUT2D eigenvalue weighted by Gasteiger charge is -2.32. The SMILES string of the molecule is CC[C@@H]1C[C@]1(NC(=O)[C@@H]1CC(OC(=O)N2Cc3cccc(Cl)c3C2)CN1C(=O)[C@@H](Nc1cccc(C(C)(C)C)c1)C(C)C)C(=O)NS(=O)(=O)C1CC1. The standard InChI is InChI=1S/C38H50ClN5O7S/c1-7-24-18-38(24,35(47)42-52(49,50)28-14-15-28)41-33(45)31-17-27(51-36(48)43-19-23-10-8-13-30(39)29(23)21-43)20-44(31)34(46)32(22(2)3)40-26-12-9-11-25(16-26)37(4,5)6/h8-13,16,22,24,27-28,31-32,40H,7,14-15,17-21H2,1-6H3,(H,41,45)(H,42,47)/t24-,27?,31+,32+,38-/m1/s1. The Morgan fingerprint density at radius 2 is 1.77 bits per heavy atom. The highest BCUT2D eigenvalue weighted by Gasteiger charge is 2.62. The maximum atomic E-state index is 14.5. The zero-order valence-corrected chi connectivity index (χ0v) is 32.3. The van der Waals surface area contributed by atoms with Gasteiger partial charge in [0.1, 0.15) is 23.7 Å². The number of sulfonamides is 1. The van der Waals surface area contributed by atoms with Crippen LogP contribution in [0, 0.1) is 11.8 Å². The van der Waals surface area contributed by atoms with Gasteiger partial charge in [0.15, 0.2) is 0 Å². The molecule has 4 aliphatic rings. The van der Waals surface area contributed by atoms with Crippen LogP contribution in [0.4, 0.5) is 10.5 Å². The lowest BCUT2D eigenvalue weighted by molar-refractivity contribution is -0.140. The predicted octanol–water partition coefficient (Wildman–Crippen LogP) is 5.09. The lowest BCUT2D eigenvalue weighted by atomic mass is 9.87. The number of carbonyl (C=O) groups is 4. The van der Waals surface area contributed by atoms with Gasteiger partial charge in [-0.3, -0.25) is 24.0 Å². The van der Waals surface area contributed by atoms with E-state index in [9.17, 15) is 27.6 Å². The van der Waals surface area contributed by atoms with Crippen LogP contribution >= 0.6 is 11.6 Å². The van der Waals surface area contributed by atoms with E-state index in [0.717, 1.165) is 22.4 Å². The molecule has 12 nitrogen and oxygen atoms in total. The van der Waals surface area contributed by atoms with E-state index in [4.69, 9.17) is 16.3 Å². The molecule has 2 aliphatic carbocycles. The fraction of sp³-hybridized carbons (Fsp3) is 0.579. The summed E-state index contributed by atoms with van der Waals surface area (Å²) in [6.07, 6.45) is 0.395. The number of fused-ring (bicyclic) bond motifs is 1. The third kappa shape index (κ3) is 7.76. The van der Waals surface area contributed by atoms with Crippen molar-refractivity contribution in [2.45, 2.75) is 121 Å². The van der Waals surface area contributed by atoms with Crippen molar-refractivity contribution in [3.05, 3.63) is 64.2 Å². The van der Waals surface area contributed by atoms with E-state index >= 15 is 0 Å². The van der Waals surface area contributed by atoms with Crippen LogP contribution in [0.3, 0.4) is 0 Å². The number of rotatable bonds is 11. The van der Waals surface area contributed by atoms with Crippen LogP contribution in [0.2, 0.25) is 5.02 Å². The molecule has 1 unspecified atom stereocenters. The summed E-state index contributed by atoms with van der Waals surface area (Å²) in [5.41, 5.74) is 2.09. The molecule has 2 aromatic carbocycles. The van der Waals surface area contributed by atoms with Crippen molar-refractivity contribution in [1.29, 1.82) is 0 Å². The van der Waals surface area contributed by atoms with Crippen LogP contribution in [-0.2, 0) is 47.6 Å². The number of benzene rings is 2. The average Bonchev–Trinajstić information content (AvgIpc) is 3.97. The molecular formula is C38H50ClN5O7S. The molecule has 3 fully saturated rings. The number of carbonyl (C=O) groups excluding carboxylic acids is 4. The third-order valence-corrected chi connectivity index (χ3v) is 13.0. The molecule has 1 saturated heterocycles. The van der Waals surface area contributed by atoms with E-state index in [1.165, 1.54) is 9.80 Å².